The molecule has 1 atom stereocenters. The van der Waals surface area contributed by atoms with Gasteiger partial charge in [0.2, 0.25) is 0 Å². The molecule has 0 N–H and O–H groups in total. The van der Waals surface area contributed by atoms with E-state index in [2.05, 4.69) is 162 Å². The van der Waals surface area contributed by atoms with Gasteiger partial charge >= 0.3 is 0 Å². The van der Waals surface area contributed by atoms with Gasteiger partial charge < -0.3 is 13.6 Å². The maximum absolute atomic E-state index is 10.2. The Hall–Kier alpha value is -7.09. The predicted octanol–water partition coefficient (Wildman–Crippen LogP) is 12.8. The van der Waals surface area contributed by atoms with Crippen LogP contribution in [-0.2, 0) is 6.42 Å². The molecular weight excluding hydrogens is 659 g/mol. The third-order valence-corrected chi connectivity index (χ3v) is 11.3. The third-order valence-electron chi connectivity index (χ3n) is 11.3. The van der Waals surface area contributed by atoms with Gasteiger partial charge in [-0.25, -0.2) is 0 Å². The lowest BCUT2D eigenvalue weighted by Crippen LogP contribution is -2.07. The Morgan fingerprint density at radius 1 is 0.556 bits per heavy atom. The van der Waals surface area contributed by atoms with E-state index in [1.807, 2.05) is 24.3 Å². The number of benzene rings is 7. The number of rotatable bonds is 4. The van der Waals surface area contributed by atoms with Crippen molar-refractivity contribution >= 4 is 60.2 Å². The smallest absolute Gasteiger partial charge is 0.143 e. The van der Waals surface area contributed by atoms with Gasteiger partial charge in [-0.2, -0.15) is 5.26 Å². The fourth-order valence-corrected chi connectivity index (χ4v) is 9.09. The molecule has 0 amide bonds. The number of nitrogens with zero attached hydrogens (tertiary/aromatic N) is 3. The van der Waals surface area contributed by atoms with Gasteiger partial charge in [-0.3, -0.25) is 0 Å². The van der Waals surface area contributed by atoms with Gasteiger partial charge in [-0.1, -0.05) is 134 Å². The van der Waals surface area contributed by atoms with Crippen molar-refractivity contribution < 1.29 is 4.42 Å². The molecule has 0 saturated heterocycles. The van der Waals surface area contributed by atoms with Crippen LogP contribution < -0.4 is 0 Å². The zero-order valence-corrected chi connectivity index (χ0v) is 29.6. The van der Waals surface area contributed by atoms with Crippen LogP contribution >= 0.6 is 0 Å². The van der Waals surface area contributed by atoms with Crippen LogP contribution in [0.25, 0.3) is 82.7 Å². The molecule has 10 aromatic rings. The summed E-state index contributed by atoms with van der Waals surface area (Å²) in [5.74, 6) is 1.21. The fraction of sp³-hybridized carbons (Fsp3) is 0.0600. The van der Waals surface area contributed by atoms with Crippen LogP contribution in [0.15, 0.2) is 168 Å². The first-order valence-corrected chi connectivity index (χ1v) is 18.6. The molecule has 54 heavy (non-hydrogen) atoms. The van der Waals surface area contributed by atoms with Crippen molar-refractivity contribution in [2.75, 3.05) is 0 Å². The average Bonchev–Trinajstić information content (AvgIpc) is 3.89. The maximum atomic E-state index is 10.2. The molecule has 0 radical (unpaired) electrons. The summed E-state index contributed by atoms with van der Waals surface area (Å²) in [7, 11) is 0. The lowest BCUT2D eigenvalue weighted by atomic mass is 9.85. The highest BCUT2D eigenvalue weighted by molar-refractivity contribution is 6.16. The van der Waals surface area contributed by atoms with Crippen LogP contribution in [0.3, 0.4) is 0 Å². The molecular formula is C50H33N3O. The number of hydrogen-bond acceptors (Lipinski definition) is 2. The molecule has 3 aromatic heterocycles. The third kappa shape index (κ3) is 4.30. The van der Waals surface area contributed by atoms with Gasteiger partial charge in [0.05, 0.1) is 33.3 Å². The van der Waals surface area contributed by atoms with Gasteiger partial charge in [0.1, 0.15) is 17.4 Å². The molecule has 7 aromatic carbocycles. The summed E-state index contributed by atoms with van der Waals surface area (Å²) >= 11 is 0. The molecule has 0 aliphatic heterocycles. The second-order valence-electron chi connectivity index (χ2n) is 14.4. The number of fused-ring (bicyclic) bond motifs is 9. The lowest BCUT2D eigenvalue weighted by Gasteiger charge is -2.20. The number of para-hydroxylation sites is 7. The summed E-state index contributed by atoms with van der Waals surface area (Å²) in [6.45, 7) is 2.30. The molecule has 254 valence electrons. The van der Waals surface area contributed by atoms with Crippen LogP contribution in [-0.4, -0.2) is 9.13 Å². The van der Waals surface area contributed by atoms with Gasteiger partial charge in [0, 0.05) is 60.4 Å². The molecule has 0 bridgehead atoms. The van der Waals surface area contributed by atoms with Crippen molar-refractivity contribution in [3.05, 3.63) is 186 Å². The van der Waals surface area contributed by atoms with Crippen LogP contribution in [0.4, 0.5) is 0 Å². The van der Waals surface area contributed by atoms with Crippen molar-refractivity contribution in [3.8, 4) is 28.6 Å². The van der Waals surface area contributed by atoms with Crippen LogP contribution in [0, 0.1) is 17.2 Å². The van der Waals surface area contributed by atoms with E-state index in [1.54, 1.807) is 0 Å². The molecule has 1 aliphatic carbocycles. The Labute approximate surface area is 312 Å². The zero-order chi connectivity index (χ0) is 35.9. The highest BCUT2D eigenvalue weighted by atomic mass is 16.3. The van der Waals surface area contributed by atoms with Crippen molar-refractivity contribution in [2.24, 2.45) is 5.92 Å². The predicted molar refractivity (Wildman–Crippen MR) is 221 cm³/mol. The summed E-state index contributed by atoms with van der Waals surface area (Å²) < 4.78 is 11.9. The van der Waals surface area contributed by atoms with E-state index in [9.17, 15) is 5.26 Å². The largest absolute Gasteiger partial charge is 0.455 e. The molecule has 0 spiro atoms. The maximum Gasteiger partial charge on any atom is 0.143 e. The number of allylic oxidation sites excluding steroid dienone is 1. The minimum atomic E-state index is 0.292. The first kappa shape index (κ1) is 30.5. The van der Waals surface area contributed by atoms with Gasteiger partial charge in [0.15, 0.2) is 0 Å². The summed E-state index contributed by atoms with van der Waals surface area (Å²) in [6.07, 6.45) is 3.27. The summed E-state index contributed by atoms with van der Waals surface area (Å²) in [6, 6.07) is 58.0. The first-order valence-electron chi connectivity index (χ1n) is 18.6. The molecule has 1 unspecified atom stereocenters. The van der Waals surface area contributed by atoms with Crippen LogP contribution in [0.5, 0.6) is 0 Å². The zero-order valence-electron chi connectivity index (χ0n) is 29.6. The molecule has 11 rings (SSSR count). The monoisotopic (exact) mass is 691 g/mol. The standard InChI is InChI=1S/C50H33N3O/c1-31-28-42(39-22-12-20-37-35-18-7-10-27-46(35)53(48(37)39)44-25-8-5-14-32(44)30-51)50-43(29-31)41-24-13-23-40(49(41)54-50)38-21-11-19-36-34-17-6-9-26-45(34)52(47(36)38)33-15-3-2-4-16-33/h2-28,31H,29H2,1H3. The molecule has 4 heteroatoms. The number of hydrogen-bond donors (Lipinski definition) is 0. The van der Waals surface area contributed by atoms with Gasteiger partial charge in [0.25, 0.3) is 0 Å². The van der Waals surface area contributed by atoms with E-state index in [1.165, 1.54) is 27.4 Å². The lowest BCUT2D eigenvalue weighted by molar-refractivity contribution is 0.580. The van der Waals surface area contributed by atoms with E-state index in [0.29, 0.717) is 11.5 Å². The SMILES string of the molecule is CC1C=C(c2cccc3c4ccccc4n(-c4ccccc4C#N)c23)c2oc3c(-c4cccc5c6ccccc6n(-c6ccccc6)c45)cccc3c2C1. The average molecular weight is 692 g/mol. The summed E-state index contributed by atoms with van der Waals surface area (Å²) in [4.78, 5) is 0. The molecule has 1 aliphatic rings. The van der Waals surface area contributed by atoms with E-state index < -0.39 is 0 Å². The van der Waals surface area contributed by atoms with E-state index in [4.69, 9.17) is 4.42 Å². The normalized spacial score (nSPS) is 14.2. The second-order valence-corrected chi connectivity index (χ2v) is 14.4. The van der Waals surface area contributed by atoms with Crippen molar-refractivity contribution in [1.29, 1.82) is 5.26 Å². The Bertz CT molecular complexity index is 3220. The highest BCUT2D eigenvalue weighted by Crippen LogP contribution is 2.47. The fourth-order valence-electron chi connectivity index (χ4n) is 9.09. The highest BCUT2D eigenvalue weighted by Gasteiger charge is 2.29. The topological polar surface area (TPSA) is 46.8 Å². The molecule has 4 nitrogen and oxygen atoms in total. The van der Waals surface area contributed by atoms with Crippen molar-refractivity contribution in [2.45, 2.75) is 13.3 Å². The van der Waals surface area contributed by atoms with E-state index >= 15 is 0 Å². The number of nitriles is 1. The Morgan fingerprint density at radius 3 is 1.87 bits per heavy atom. The van der Waals surface area contributed by atoms with Gasteiger partial charge in [-0.15, -0.1) is 0 Å². The van der Waals surface area contributed by atoms with E-state index in [-0.39, 0.29) is 0 Å². The summed E-state index contributed by atoms with van der Waals surface area (Å²) in [5, 5.41) is 16.1. The minimum Gasteiger partial charge on any atom is -0.455 e. The molecule has 0 fully saturated rings. The Kier molecular flexibility index (Phi) is 6.62. The van der Waals surface area contributed by atoms with E-state index in [0.717, 1.165) is 78.6 Å². The Balaban J connectivity index is 1.19. The minimum absolute atomic E-state index is 0.292. The van der Waals surface area contributed by atoms with Crippen molar-refractivity contribution in [1.82, 2.24) is 9.13 Å². The van der Waals surface area contributed by atoms with Crippen molar-refractivity contribution in [3.63, 3.8) is 0 Å². The second kappa shape index (κ2) is 11.7. The Morgan fingerprint density at radius 2 is 1.13 bits per heavy atom. The summed E-state index contributed by atoms with van der Waals surface area (Å²) in [5.41, 5.74) is 13.7. The number of furan rings is 1. The van der Waals surface area contributed by atoms with Crippen LogP contribution in [0.2, 0.25) is 0 Å². The molecule has 0 saturated carbocycles. The quantitative estimate of drug-likeness (QED) is 0.184. The molecule has 3 heterocycles. The number of aromatic nitrogens is 2. The van der Waals surface area contributed by atoms with Crippen LogP contribution in [0.1, 0.15) is 29.4 Å². The first-order chi connectivity index (χ1) is 26.7. The van der Waals surface area contributed by atoms with Gasteiger partial charge in [-0.05, 0) is 48.7 Å².